The second kappa shape index (κ2) is 10.4. The standard InChI is InChI=1S/C26H36N4O3S/c1-15(31)11-18-12-21(30(13-18)25(33)23(27)26(4,5)6)24(32)29-16(2)19-7-9-20(10-8-19)22-17(3)28-14-34-22/h7-10,14,16,18,21,23H,11-13,27H2,1-6H3,(H,29,32)/t16-,18+,21-,23+/m0/s1. The van der Waals surface area contributed by atoms with E-state index in [9.17, 15) is 14.4 Å². The molecular formula is C26H36N4O3S. The summed E-state index contributed by atoms with van der Waals surface area (Å²) in [5.74, 6) is -0.434. The first-order valence-corrected chi connectivity index (χ1v) is 12.6. The fourth-order valence-electron chi connectivity index (χ4n) is 4.41. The molecule has 1 fully saturated rings. The second-order valence-electron chi connectivity index (χ2n) is 10.5. The van der Waals surface area contributed by atoms with Crippen LogP contribution in [-0.4, -0.2) is 46.1 Å². The van der Waals surface area contributed by atoms with Gasteiger partial charge in [-0.05, 0) is 49.7 Å². The van der Waals surface area contributed by atoms with E-state index in [2.05, 4.69) is 10.3 Å². The van der Waals surface area contributed by atoms with Crippen LogP contribution >= 0.6 is 11.3 Å². The van der Waals surface area contributed by atoms with Crippen molar-refractivity contribution in [2.75, 3.05) is 6.54 Å². The number of thiazole rings is 1. The fourth-order valence-corrected chi connectivity index (χ4v) is 5.23. The summed E-state index contributed by atoms with van der Waals surface area (Å²) in [5, 5.41) is 3.07. The molecule has 1 aromatic heterocycles. The average Bonchev–Trinajstić information content (AvgIpc) is 3.37. The van der Waals surface area contributed by atoms with Crippen molar-refractivity contribution in [3.05, 3.63) is 41.0 Å². The van der Waals surface area contributed by atoms with Crippen LogP contribution in [0, 0.1) is 18.3 Å². The Morgan fingerprint density at radius 2 is 1.88 bits per heavy atom. The zero-order chi connectivity index (χ0) is 25.2. The molecule has 1 aromatic carbocycles. The molecule has 0 unspecified atom stereocenters. The molecule has 184 valence electrons. The highest BCUT2D eigenvalue weighted by Crippen LogP contribution is 2.31. The van der Waals surface area contributed by atoms with E-state index in [1.165, 1.54) is 0 Å². The number of nitrogens with zero attached hydrogens (tertiary/aromatic N) is 2. The lowest BCUT2D eigenvalue weighted by atomic mass is 9.86. The quantitative estimate of drug-likeness (QED) is 0.621. The molecule has 0 bridgehead atoms. The number of nitrogens with one attached hydrogen (secondary N) is 1. The van der Waals surface area contributed by atoms with Gasteiger partial charge in [0.2, 0.25) is 11.8 Å². The summed E-state index contributed by atoms with van der Waals surface area (Å²) in [7, 11) is 0. The van der Waals surface area contributed by atoms with Crippen LogP contribution in [0.2, 0.25) is 0 Å². The van der Waals surface area contributed by atoms with E-state index in [1.807, 2.05) is 64.4 Å². The smallest absolute Gasteiger partial charge is 0.243 e. The third-order valence-corrected chi connectivity index (χ3v) is 7.50. The van der Waals surface area contributed by atoms with E-state index in [0.29, 0.717) is 19.4 Å². The molecule has 1 saturated heterocycles. The van der Waals surface area contributed by atoms with Gasteiger partial charge in [-0.1, -0.05) is 45.0 Å². The number of aryl methyl sites for hydroxylation is 1. The molecule has 3 rings (SSSR count). The van der Waals surface area contributed by atoms with Gasteiger partial charge in [0, 0.05) is 13.0 Å². The van der Waals surface area contributed by atoms with Gasteiger partial charge in [0.15, 0.2) is 0 Å². The number of hydrogen-bond acceptors (Lipinski definition) is 6. The highest BCUT2D eigenvalue weighted by atomic mass is 32.1. The van der Waals surface area contributed by atoms with Crippen molar-refractivity contribution >= 4 is 28.9 Å². The van der Waals surface area contributed by atoms with Crippen molar-refractivity contribution in [3.8, 4) is 10.4 Å². The Balaban J connectivity index is 1.74. The lowest BCUT2D eigenvalue weighted by molar-refractivity contribution is -0.141. The van der Waals surface area contributed by atoms with Crippen molar-refractivity contribution in [2.24, 2.45) is 17.1 Å². The van der Waals surface area contributed by atoms with Gasteiger partial charge in [-0.2, -0.15) is 0 Å². The molecule has 0 aliphatic carbocycles. The van der Waals surface area contributed by atoms with Crippen LogP contribution in [0.3, 0.4) is 0 Å². The first-order valence-electron chi connectivity index (χ1n) is 11.7. The fraction of sp³-hybridized carbons (Fsp3) is 0.538. The Labute approximate surface area is 206 Å². The van der Waals surface area contributed by atoms with Crippen LogP contribution < -0.4 is 11.1 Å². The molecule has 34 heavy (non-hydrogen) atoms. The molecular weight excluding hydrogens is 448 g/mol. The number of carbonyl (C=O) groups excluding carboxylic acids is 3. The molecule has 2 aromatic rings. The van der Waals surface area contributed by atoms with Crippen LogP contribution in [0.1, 0.15) is 64.8 Å². The van der Waals surface area contributed by atoms with Crippen molar-refractivity contribution in [2.45, 2.75) is 72.5 Å². The largest absolute Gasteiger partial charge is 0.348 e. The Bertz CT molecular complexity index is 1040. The van der Waals surface area contributed by atoms with E-state index < -0.39 is 17.5 Å². The maximum atomic E-state index is 13.3. The van der Waals surface area contributed by atoms with Crippen LogP contribution in [0.5, 0.6) is 0 Å². The Kier molecular flexibility index (Phi) is 7.93. The van der Waals surface area contributed by atoms with Gasteiger partial charge in [0.25, 0.3) is 0 Å². The number of amides is 2. The zero-order valence-corrected chi connectivity index (χ0v) is 21.7. The molecule has 1 aliphatic rings. The molecule has 3 N–H and O–H groups in total. The monoisotopic (exact) mass is 484 g/mol. The third kappa shape index (κ3) is 5.91. The summed E-state index contributed by atoms with van der Waals surface area (Å²) < 4.78 is 0. The predicted octanol–water partition coefficient (Wildman–Crippen LogP) is 3.87. The summed E-state index contributed by atoms with van der Waals surface area (Å²) >= 11 is 1.60. The minimum Gasteiger partial charge on any atom is -0.348 e. The topological polar surface area (TPSA) is 105 Å². The number of benzene rings is 1. The molecule has 0 spiro atoms. The highest BCUT2D eigenvalue weighted by molar-refractivity contribution is 7.13. The SMILES string of the molecule is CC(=O)C[C@@H]1C[C@@H](C(=O)N[C@@H](C)c2ccc(-c3scnc3C)cc2)N(C(=O)[C@@H](N)C(C)(C)C)C1. The number of nitrogens with two attached hydrogens (primary N) is 1. The van der Waals surface area contributed by atoms with E-state index in [-0.39, 0.29) is 29.6 Å². The van der Waals surface area contributed by atoms with Gasteiger partial charge in [-0.25, -0.2) is 4.98 Å². The van der Waals surface area contributed by atoms with Gasteiger partial charge in [0.1, 0.15) is 11.8 Å². The summed E-state index contributed by atoms with van der Waals surface area (Å²) in [4.78, 5) is 45.2. The molecule has 0 radical (unpaired) electrons. The number of rotatable bonds is 7. The minimum absolute atomic E-state index is 0.0402. The predicted molar refractivity (Wildman–Crippen MR) is 135 cm³/mol. The Morgan fingerprint density at radius 3 is 2.41 bits per heavy atom. The maximum absolute atomic E-state index is 13.3. The number of likely N-dealkylation sites (tertiary alicyclic amines) is 1. The summed E-state index contributed by atoms with van der Waals surface area (Å²) in [6, 6.07) is 6.50. The van der Waals surface area contributed by atoms with Crippen LogP contribution in [0.15, 0.2) is 29.8 Å². The average molecular weight is 485 g/mol. The van der Waals surface area contributed by atoms with Gasteiger partial charge < -0.3 is 20.7 Å². The van der Waals surface area contributed by atoms with Gasteiger partial charge in [-0.15, -0.1) is 11.3 Å². The molecule has 2 amide bonds. The zero-order valence-electron chi connectivity index (χ0n) is 20.9. The van der Waals surface area contributed by atoms with Crippen molar-refractivity contribution in [1.29, 1.82) is 0 Å². The van der Waals surface area contributed by atoms with E-state index in [0.717, 1.165) is 21.7 Å². The summed E-state index contributed by atoms with van der Waals surface area (Å²) in [5.41, 5.74) is 10.7. The minimum atomic E-state index is -0.723. The van der Waals surface area contributed by atoms with Crippen LogP contribution in [-0.2, 0) is 14.4 Å². The van der Waals surface area contributed by atoms with Gasteiger partial charge >= 0.3 is 0 Å². The van der Waals surface area contributed by atoms with Gasteiger partial charge in [-0.3, -0.25) is 9.59 Å². The maximum Gasteiger partial charge on any atom is 0.243 e. The lowest BCUT2D eigenvalue weighted by Gasteiger charge is -2.33. The van der Waals surface area contributed by atoms with Crippen molar-refractivity contribution < 1.29 is 14.4 Å². The lowest BCUT2D eigenvalue weighted by Crippen LogP contribution is -2.55. The molecule has 7 nitrogen and oxygen atoms in total. The van der Waals surface area contributed by atoms with Gasteiger partial charge in [0.05, 0.1) is 28.2 Å². The summed E-state index contributed by atoms with van der Waals surface area (Å²) in [6.45, 7) is 11.6. The normalized spacial score (nSPS) is 20.1. The number of aromatic nitrogens is 1. The first kappa shape index (κ1) is 26.0. The third-order valence-electron chi connectivity index (χ3n) is 6.53. The molecule has 2 heterocycles. The van der Waals surface area contributed by atoms with Crippen molar-refractivity contribution in [3.63, 3.8) is 0 Å². The second-order valence-corrected chi connectivity index (χ2v) is 11.3. The van der Waals surface area contributed by atoms with Crippen LogP contribution in [0.4, 0.5) is 0 Å². The number of hydrogen-bond donors (Lipinski definition) is 2. The highest BCUT2D eigenvalue weighted by Gasteiger charge is 2.43. The number of Topliss-reactive ketones (excluding diaryl/α,β-unsaturated/α-hetero) is 1. The molecule has 0 saturated carbocycles. The number of carbonyl (C=O) groups is 3. The Morgan fingerprint density at radius 1 is 1.24 bits per heavy atom. The van der Waals surface area contributed by atoms with E-state index in [1.54, 1.807) is 23.2 Å². The first-order chi connectivity index (χ1) is 15.9. The Hall–Kier alpha value is -2.58. The van der Waals surface area contributed by atoms with Crippen molar-refractivity contribution in [1.82, 2.24) is 15.2 Å². The van der Waals surface area contributed by atoms with E-state index >= 15 is 0 Å². The molecule has 4 atom stereocenters. The molecule has 8 heteroatoms. The number of ketones is 1. The van der Waals surface area contributed by atoms with Crippen LogP contribution in [0.25, 0.3) is 10.4 Å². The van der Waals surface area contributed by atoms with E-state index in [4.69, 9.17) is 5.73 Å². The molecule has 1 aliphatic heterocycles. The summed E-state index contributed by atoms with van der Waals surface area (Å²) in [6.07, 6.45) is 0.816.